The van der Waals surface area contributed by atoms with Crippen LogP contribution in [0.25, 0.3) is 23.1 Å². The number of fused-ring (bicyclic) bond motifs is 1. The highest BCUT2D eigenvalue weighted by atomic mass is 127. The smallest absolute Gasteiger partial charge is 0.257 e. The Morgan fingerprint density at radius 2 is 1.96 bits per heavy atom. The van der Waals surface area contributed by atoms with Gasteiger partial charge in [-0.1, -0.05) is 18.2 Å². The first-order chi connectivity index (χ1) is 10.7. The number of benzene rings is 1. The molecule has 118 valence electrons. The SMILES string of the molecule is CNC(=O)c1ccc(/C=C/c2c[nH]c3ccccc23)[n+](C)c1.[I-]. The molecule has 3 rings (SSSR count). The summed E-state index contributed by atoms with van der Waals surface area (Å²) in [5.74, 6) is -0.0808. The van der Waals surface area contributed by atoms with E-state index >= 15 is 0 Å². The van der Waals surface area contributed by atoms with Crippen LogP contribution in [0.2, 0.25) is 0 Å². The Labute approximate surface area is 152 Å². The van der Waals surface area contributed by atoms with Crippen molar-refractivity contribution in [1.29, 1.82) is 0 Å². The predicted molar refractivity (Wildman–Crippen MR) is 88.2 cm³/mol. The molecule has 0 atom stereocenters. The second-order valence-electron chi connectivity index (χ2n) is 5.16. The number of hydrogen-bond donors (Lipinski definition) is 2. The van der Waals surface area contributed by atoms with Crippen LogP contribution in [0.3, 0.4) is 0 Å². The number of para-hydroxylation sites is 1. The second-order valence-corrected chi connectivity index (χ2v) is 5.16. The van der Waals surface area contributed by atoms with Crippen LogP contribution in [0.5, 0.6) is 0 Å². The molecule has 0 aliphatic rings. The molecule has 0 saturated heterocycles. The summed E-state index contributed by atoms with van der Waals surface area (Å²) in [5.41, 5.74) is 3.94. The normalized spacial score (nSPS) is 10.7. The Kier molecular flexibility index (Phi) is 5.54. The first-order valence-corrected chi connectivity index (χ1v) is 7.15. The van der Waals surface area contributed by atoms with E-state index in [0.717, 1.165) is 16.8 Å². The van der Waals surface area contributed by atoms with Crippen molar-refractivity contribution >= 4 is 29.0 Å². The maximum atomic E-state index is 11.6. The number of carbonyl (C=O) groups is 1. The fourth-order valence-electron chi connectivity index (χ4n) is 2.48. The van der Waals surface area contributed by atoms with Crippen molar-refractivity contribution < 1.29 is 33.3 Å². The van der Waals surface area contributed by atoms with E-state index in [2.05, 4.69) is 28.5 Å². The topological polar surface area (TPSA) is 48.8 Å². The molecule has 2 aromatic heterocycles. The van der Waals surface area contributed by atoms with Gasteiger partial charge in [-0.15, -0.1) is 0 Å². The van der Waals surface area contributed by atoms with E-state index in [1.54, 1.807) is 7.05 Å². The third-order valence-corrected chi connectivity index (χ3v) is 3.72. The Morgan fingerprint density at radius 1 is 1.17 bits per heavy atom. The molecule has 2 heterocycles. The van der Waals surface area contributed by atoms with Crippen molar-refractivity contribution in [1.82, 2.24) is 10.3 Å². The fourth-order valence-corrected chi connectivity index (χ4v) is 2.48. The second kappa shape index (κ2) is 7.41. The number of aromatic amines is 1. The summed E-state index contributed by atoms with van der Waals surface area (Å²) >= 11 is 0. The van der Waals surface area contributed by atoms with Gasteiger partial charge < -0.3 is 34.3 Å². The molecule has 23 heavy (non-hydrogen) atoms. The monoisotopic (exact) mass is 419 g/mol. The van der Waals surface area contributed by atoms with Crippen LogP contribution in [0.15, 0.2) is 48.8 Å². The highest BCUT2D eigenvalue weighted by Crippen LogP contribution is 2.19. The Bertz CT molecular complexity index is 868. The zero-order chi connectivity index (χ0) is 15.5. The lowest BCUT2D eigenvalue weighted by Crippen LogP contribution is -3.00. The van der Waals surface area contributed by atoms with Gasteiger partial charge in [0.15, 0.2) is 6.20 Å². The first kappa shape index (κ1) is 17.2. The van der Waals surface area contributed by atoms with E-state index in [4.69, 9.17) is 0 Å². The molecule has 0 saturated carbocycles. The van der Waals surface area contributed by atoms with Gasteiger partial charge in [-0.25, -0.2) is 4.57 Å². The summed E-state index contributed by atoms with van der Waals surface area (Å²) < 4.78 is 1.94. The zero-order valence-electron chi connectivity index (χ0n) is 13.0. The Morgan fingerprint density at radius 3 is 2.70 bits per heavy atom. The number of rotatable bonds is 3. The van der Waals surface area contributed by atoms with Gasteiger partial charge in [0, 0.05) is 36.3 Å². The van der Waals surface area contributed by atoms with Crippen LogP contribution in [0, 0.1) is 0 Å². The molecular formula is C18H18IN3O. The summed E-state index contributed by atoms with van der Waals surface area (Å²) in [4.78, 5) is 14.9. The molecule has 0 unspecified atom stereocenters. The van der Waals surface area contributed by atoms with E-state index in [9.17, 15) is 4.79 Å². The number of nitrogens with zero attached hydrogens (tertiary/aromatic N) is 1. The van der Waals surface area contributed by atoms with Crippen molar-refractivity contribution in [3.8, 4) is 0 Å². The van der Waals surface area contributed by atoms with E-state index in [1.807, 2.05) is 54.3 Å². The highest BCUT2D eigenvalue weighted by Gasteiger charge is 2.10. The van der Waals surface area contributed by atoms with Crippen LogP contribution in [0.1, 0.15) is 21.6 Å². The standard InChI is InChI=1S/C18H17N3O.HI/c1-19-18(22)14-8-10-15(21(2)12-14)9-7-13-11-20-17-6-4-3-5-16(13)17;/h3-12H,1-2H3,(H,19,22);1H. The van der Waals surface area contributed by atoms with Crippen LogP contribution < -0.4 is 33.9 Å². The molecule has 3 aromatic rings. The molecule has 0 spiro atoms. The quantitative estimate of drug-likeness (QED) is 0.438. The van der Waals surface area contributed by atoms with Gasteiger partial charge in [0.05, 0.1) is 0 Å². The summed E-state index contributed by atoms with van der Waals surface area (Å²) in [6.07, 6.45) is 7.95. The Hall–Kier alpha value is -2.15. The molecule has 4 nitrogen and oxygen atoms in total. The van der Waals surface area contributed by atoms with Crippen LogP contribution in [-0.4, -0.2) is 17.9 Å². The third kappa shape index (κ3) is 3.61. The van der Waals surface area contributed by atoms with Crippen LogP contribution >= 0.6 is 0 Å². The van der Waals surface area contributed by atoms with E-state index in [1.165, 1.54) is 5.39 Å². The molecule has 1 amide bonds. The van der Waals surface area contributed by atoms with Gasteiger partial charge in [-0.2, -0.15) is 0 Å². The molecule has 0 aliphatic heterocycles. The number of H-pyrrole nitrogens is 1. The minimum Gasteiger partial charge on any atom is -1.00 e. The highest BCUT2D eigenvalue weighted by molar-refractivity contribution is 5.93. The minimum absolute atomic E-state index is 0. The maximum Gasteiger partial charge on any atom is 0.257 e. The van der Waals surface area contributed by atoms with Gasteiger partial charge in [0.1, 0.15) is 12.6 Å². The lowest BCUT2D eigenvalue weighted by Gasteiger charge is -1.99. The number of halogens is 1. The van der Waals surface area contributed by atoms with Crippen molar-refractivity contribution in [2.24, 2.45) is 7.05 Å². The number of aryl methyl sites for hydroxylation is 1. The number of pyridine rings is 1. The van der Waals surface area contributed by atoms with Crippen LogP contribution in [-0.2, 0) is 7.05 Å². The first-order valence-electron chi connectivity index (χ1n) is 7.15. The lowest BCUT2D eigenvalue weighted by atomic mass is 10.1. The van der Waals surface area contributed by atoms with Gasteiger partial charge in [-0.3, -0.25) is 4.79 Å². The number of amides is 1. The lowest BCUT2D eigenvalue weighted by molar-refractivity contribution is -0.673. The van der Waals surface area contributed by atoms with Crippen molar-refractivity contribution in [2.45, 2.75) is 0 Å². The van der Waals surface area contributed by atoms with E-state index < -0.39 is 0 Å². The molecule has 0 aliphatic carbocycles. The molecule has 5 heteroatoms. The Balaban J connectivity index is 0.00000192. The van der Waals surface area contributed by atoms with Crippen molar-refractivity contribution in [3.63, 3.8) is 0 Å². The summed E-state index contributed by atoms with van der Waals surface area (Å²) in [6, 6.07) is 12.0. The van der Waals surface area contributed by atoms with Crippen molar-refractivity contribution in [2.75, 3.05) is 7.05 Å². The molecule has 0 fully saturated rings. The number of aromatic nitrogens is 2. The molecule has 0 radical (unpaired) electrons. The van der Waals surface area contributed by atoms with Gasteiger partial charge in [0.2, 0.25) is 5.69 Å². The molecular weight excluding hydrogens is 401 g/mol. The van der Waals surface area contributed by atoms with Gasteiger partial charge in [0.25, 0.3) is 5.91 Å². The number of carbonyl (C=O) groups excluding carboxylic acids is 1. The largest absolute Gasteiger partial charge is 1.00 e. The summed E-state index contributed by atoms with van der Waals surface area (Å²) in [6.45, 7) is 0. The minimum atomic E-state index is -0.0808. The van der Waals surface area contributed by atoms with E-state index in [0.29, 0.717) is 5.56 Å². The zero-order valence-corrected chi connectivity index (χ0v) is 15.2. The number of nitrogens with one attached hydrogen (secondary N) is 2. The average molecular weight is 419 g/mol. The number of hydrogen-bond acceptors (Lipinski definition) is 1. The summed E-state index contributed by atoms with van der Waals surface area (Å²) in [7, 11) is 3.56. The van der Waals surface area contributed by atoms with Crippen LogP contribution in [0.4, 0.5) is 0 Å². The molecule has 0 bridgehead atoms. The van der Waals surface area contributed by atoms with Gasteiger partial charge in [-0.05, 0) is 23.8 Å². The average Bonchev–Trinajstić information content (AvgIpc) is 2.96. The van der Waals surface area contributed by atoms with E-state index in [-0.39, 0.29) is 29.9 Å². The molecule has 2 N–H and O–H groups in total. The maximum absolute atomic E-state index is 11.6. The third-order valence-electron chi connectivity index (χ3n) is 3.72. The summed E-state index contributed by atoms with van der Waals surface area (Å²) in [5, 5.41) is 3.83. The fraction of sp³-hybridized carbons (Fsp3) is 0.111. The van der Waals surface area contributed by atoms with Crippen molar-refractivity contribution in [3.05, 3.63) is 65.6 Å². The predicted octanol–water partition coefficient (Wildman–Crippen LogP) is -0.474. The van der Waals surface area contributed by atoms with Gasteiger partial charge >= 0.3 is 0 Å². The molecule has 1 aromatic carbocycles.